The predicted molar refractivity (Wildman–Crippen MR) is 87.9 cm³/mol. The second kappa shape index (κ2) is 5.81. The van der Waals surface area contributed by atoms with E-state index in [2.05, 4.69) is 75.2 Å². The molecule has 2 aromatic carbocycles. The predicted octanol–water partition coefficient (Wildman–Crippen LogP) is 3.95. The van der Waals surface area contributed by atoms with Gasteiger partial charge in [0.25, 0.3) is 0 Å². The van der Waals surface area contributed by atoms with Crippen LogP contribution >= 0.6 is 15.9 Å². The van der Waals surface area contributed by atoms with Crippen LogP contribution in [-0.2, 0) is 13.0 Å². The molecule has 0 spiro atoms. The molecule has 3 rings (SSSR count). The van der Waals surface area contributed by atoms with Gasteiger partial charge in [0, 0.05) is 22.7 Å². The standard InChI is InChI=1S/C17H17BrN2/c18-16-3-1-2-14(10-16)12-20-9-7-15-5-4-13(6-8-19)11-17(15)20/h1-5,7,9-11H,6,8,12,19H2. The first-order chi connectivity index (χ1) is 9.76. The molecule has 0 fully saturated rings. The first-order valence-electron chi connectivity index (χ1n) is 6.78. The van der Waals surface area contributed by atoms with E-state index in [9.17, 15) is 0 Å². The Labute approximate surface area is 127 Å². The van der Waals surface area contributed by atoms with Crippen molar-refractivity contribution in [3.8, 4) is 0 Å². The zero-order chi connectivity index (χ0) is 13.9. The Bertz CT molecular complexity index is 731. The van der Waals surface area contributed by atoms with E-state index in [1.807, 2.05) is 0 Å². The molecule has 0 atom stereocenters. The van der Waals surface area contributed by atoms with Crippen LogP contribution in [0.5, 0.6) is 0 Å². The topological polar surface area (TPSA) is 30.9 Å². The van der Waals surface area contributed by atoms with Crippen LogP contribution < -0.4 is 5.73 Å². The highest BCUT2D eigenvalue weighted by molar-refractivity contribution is 9.10. The fraction of sp³-hybridized carbons (Fsp3) is 0.176. The molecule has 102 valence electrons. The van der Waals surface area contributed by atoms with Gasteiger partial charge in [-0.1, -0.05) is 40.2 Å². The van der Waals surface area contributed by atoms with E-state index in [1.165, 1.54) is 22.0 Å². The molecule has 1 aromatic heterocycles. The number of fused-ring (bicyclic) bond motifs is 1. The third-order valence-electron chi connectivity index (χ3n) is 3.51. The Kier molecular flexibility index (Phi) is 3.90. The number of hydrogen-bond donors (Lipinski definition) is 1. The van der Waals surface area contributed by atoms with Crippen LogP contribution in [0.1, 0.15) is 11.1 Å². The lowest BCUT2D eigenvalue weighted by Gasteiger charge is -2.07. The summed E-state index contributed by atoms with van der Waals surface area (Å²) in [6.45, 7) is 1.58. The zero-order valence-electron chi connectivity index (χ0n) is 11.2. The molecule has 0 aliphatic carbocycles. The first-order valence-corrected chi connectivity index (χ1v) is 7.58. The van der Waals surface area contributed by atoms with Gasteiger partial charge in [0.15, 0.2) is 0 Å². The van der Waals surface area contributed by atoms with Gasteiger partial charge in [-0.3, -0.25) is 0 Å². The summed E-state index contributed by atoms with van der Waals surface area (Å²) in [7, 11) is 0. The molecule has 1 heterocycles. The van der Waals surface area contributed by atoms with Crippen LogP contribution in [0.2, 0.25) is 0 Å². The lowest BCUT2D eigenvalue weighted by molar-refractivity contribution is 0.835. The molecule has 0 amide bonds. The average molecular weight is 329 g/mol. The first kappa shape index (κ1) is 13.4. The van der Waals surface area contributed by atoms with Gasteiger partial charge in [0.05, 0.1) is 0 Å². The maximum Gasteiger partial charge on any atom is 0.0486 e. The Morgan fingerprint density at radius 1 is 1.00 bits per heavy atom. The lowest BCUT2D eigenvalue weighted by atomic mass is 10.1. The van der Waals surface area contributed by atoms with Gasteiger partial charge >= 0.3 is 0 Å². The Morgan fingerprint density at radius 2 is 1.90 bits per heavy atom. The molecular formula is C17H17BrN2. The van der Waals surface area contributed by atoms with Crippen molar-refractivity contribution < 1.29 is 0 Å². The van der Waals surface area contributed by atoms with Crippen molar-refractivity contribution in [2.75, 3.05) is 6.54 Å². The lowest BCUT2D eigenvalue weighted by Crippen LogP contribution is -2.03. The minimum absolute atomic E-state index is 0.692. The highest BCUT2D eigenvalue weighted by Crippen LogP contribution is 2.20. The van der Waals surface area contributed by atoms with Gasteiger partial charge in [-0.15, -0.1) is 0 Å². The van der Waals surface area contributed by atoms with Crippen molar-refractivity contribution in [1.29, 1.82) is 0 Å². The third kappa shape index (κ3) is 2.79. The summed E-state index contributed by atoms with van der Waals surface area (Å²) in [6, 6.07) is 17.2. The Morgan fingerprint density at radius 3 is 2.70 bits per heavy atom. The zero-order valence-corrected chi connectivity index (χ0v) is 12.8. The summed E-state index contributed by atoms with van der Waals surface area (Å²) in [5, 5.41) is 1.28. The highest BCUT2D eigenvalue weighted by Gasteiger charge is 2.03. The molecule has 0 aliphatic rings. The van der Waals surface area contributed by atoms with E-state index < -0.39 is 0 Å². The number of aromatic nitrogens is 1. The summed E-state index contributed by atoms with van der Waals surface area (Å²) in [4.78, 5) is 0. The summed E-state index contributed by atoms with van der Waals surface area (Å²) < 4.78 is 3.41. The second-order valence-corrected chi connectivity index (χ2v) is 5.92. The van der Waals surface area contributed by atoms with Crippen molar-refractivity contribution in [3.05, 3.63) is 70.3 Å². The van der Waals surface area contributed by atoms with Crippen LogP contribution in [0.4, 0.5) is 0 Å². The second-order valence-electron chi connectivity index (χ2n) is 5.01. The van der Waals surface area contributed by atoms with Crippen LogP contribution in [0.25, 0.3) is 10.9 Å². The largest absolute Gasteiger partial charge is 0.343 e. The minimum atomic E-state index is 0.692. The summed E-state index contributed by atoms with van der Waals surface area (Å²) in [5.41, 5.74) is 9.51. The van der Waals surface area contributed by atoms with Crippen molar-refractivity contribution in [2.24, 2.45) is 5.73 Å². The van der Waals surface area contributed by atoms with Crippen molar-refractivity contribution >= 4 is 26.8 Å². The normalized spacial score (nSPS) is 11.1. The Hall–Kier alpha value is -1.58. The molecule has 0 radical (unpaired) electrons. The number of hydrogen-bond acceptors (Lipinski definition) is 1. The third-order valence-corrected chi connectivity index (χ3v) is 4.01. The van der Waals surface area contributed by atoms with E-state index in [1.54, 1.807) is 0 Å². The molecule has 2 nitrogen and oxygen atoms in total. The minimum Gasteiger partial charge on any atom is -0.343 e. The fourth-order valence-corrected chi connectivity index (χ4v) is 2.97. The maximum absolute atomic E-state index is 5.65. The number of halogens is 1. The number of nitrogens with zero attached hydrogens (tertiary/aromatic N) is 1. The van der Waals surface area contributed by atoms with Crippen molar-refractivity contribution in [2.45, 2.75) is 13.0 Å². The summed E-state index contributed by atoms with van der Waals surface area (Å²) in [5.74, 6) is 0. The van der Waals surface area contributed by atoms with E-state index in [0.717, 1.165) is 17.4 Å². The van der Waals surface area contributed by atoms with Crippen LogP contribution in [-0.4, -0.2) is 11.1 Å². The SMILES string of the molecule is NCCc1ccc2ccn(Cc3cccc(Br)c3)c2c1. The van der Waals surface area contributed by atoms with Crippen LogP contribution in [0.3, 0.4) is 0 Å². The molecule has 0 unspecified atom stereocenters. The van der Waals surface area contributed by atoms with Crippen LogP contribution in [0.15, 0.2) is 59.2 Å². The van der Waals surface area contributed by atoms with Gasteiger partial charge in [-0.05, 0) is 53.7 Å². The van der Waals surface area contributed by atoms with Crippen molar-refractivity contribution in [1.82, 2.24) is 4.57 Å². The van der Waals surface area contributed by atoms with Gasteiger partial charge in [0.2, 0.25) is 0 Å². The summed E-state index contributed by atoms with van der Waals surface area (Å²) >= 11 is 3.52. The molecule has 2 N–H and O–H groups in total. The van der Waals surface area contributed by atoms with E-state index in [0.29, 0.717) is 6.54 Å². The molecule has 20 heavy (non-hydrogen) atoms. The quantitative estimate of drug-likeness (QED) is 0.772. The van der Waals surface area contributed by atoms with E-state index >= 15 is 0 Å². The fourth-order valence-electron chi connectivity index (χ4n) is 2.52. The molecule has 0 bridgehead atoms. The van der Waals surface area contributed by atoms with Gasteiger partial charge in [-0.2, -0.15) is 0 Å². The molecular weight excluding hydrogens is 312 g/mol. The van der Waals surface area contributed by atoms with Gasteiger partial charge < -0.3 is 10.3 Å². The summed E-state index contributed by atoms with van der Waals surface area (Å²) in [6.07, 6.45) is 3.08. The van der Waals surface area contributed by atoms with E-state index in [4.69, 9.17) is 5.73 Å². The maximum atomic E-state index is 5.65. The monoisotopic (exact) mass is 328 g/mol. The van der Waals surface area contributed by atoms with Gasteiger partial charge in [-0.25, -0.2) is 0 Å². The smallest absolute Gasteiger partial charge is 0.0486 e. The molecule has 0 aliphatic heterocycles. The van der Waals surface area contributed by atoms with E-state index in [-0.39, 0.29) is 0 Å². The average Bonchev–Trinajstić information content (AvgIpc) is 2.82. The number of nitrogens with two attached hydrogens (primary N) is 1. The molecule has 3 aromatic rings. The van der Waals surface area contributed by atoms with Crippen molar-refractivity contribution in [3.63, 3.8) is 0 Å². The molecule has 3 heteroatoms. The molecule has 0 saturated carbocycles. The number of rotatable bonds is 4. The highest BCUT2D eigenvalue weighted by atomic mass is 79.9. The Balaban J connectivity index is 1.96. The van der Waals surface area contributed by atoms with Gasteiger partial charge in [0.1, 0.15) is 0 Å². The number of benzene rings is 2. The molecule has 0 saturated heterocycles. The van der Waals surface area contributed by atoms with Crippen LogP contribution in [0, 0.1) is 0 Å².